The van der Waals surface area contributed by atoms with E-state index in [0.717, 1.165) is 5.56 Å². The van der Waals surface area contributed by atoms with E-state index in [-0.39, 0.29) is 12.2 Å². The van der Waals surface area contributed by atoms with Crippen molar-refractivity contribution >= 4 is 0 Å². The highest BCUT2D eigenvalue weighted by Crippen LogP contribution is 2.34. The van der Waals surface area contributed by atoms with Crippen LogP contribution in [0, 0.1) is 0 Å². The van der Waals surface area contributed by atoms with Gasteiger partial charge in [-0.15, -0.1) is 0 Å². The van der Waals surface area contributed by atoms with Crippen LogP contribution in [0.2, 0.25) is 0 Å². The highest BCUT2D eigenvalue weighted by atomic mass is 16.6. The fourth-order valence-corrected chi connectivity index (χ4v) is 1.71. The van der Waals surface area contributed by atoms with Gasteiger partial charge in [0.2, 0.25) is 0 Å². The first-order valence-corrected chi connectivity index (χ1v) is 5.19. The van der Waals surface area contributed by atoms with Gasteiger partial charge in [-0.2, -0.15) is 0 Å². The summed E-state index contributed by atoms with van der Waals surface area (Å²) in [6.45, 7) is 0.680. The van der Waals surface area contributed by atoms with E-state index in [1.54, 1.807) is 14.2 Å². The lowest BCUT2D eigenvalue weighted by molar-refractivity contribution is 0.171. The largest absolute Gasteiger partial charge is 0.493 e. The highest BCUT2D eigenvalue weighted by Gasteiger charge is 2.44. The molecule has 0 amide bonds. The number of rotatable bonds is 5. The van der Waals surface area contributed by atoms with Crippen LogP contribution in [0.5, 0.6) is 11.5 Å². The molecule has 1 fully saturated rings. The minimum Gasteiger partial charge on any atom is -0.493 e. The summed E-state index contributed by atoms with van der Waals surface area (Å²) in [5.74, 6) is 1.41. The number of benzene rings is 1. The van der Waals surface area contributed by atoms with Gasteiger partial charge in [-0.1, -0.05) is 6.07 Å². The Morgan fingerprint density at radius 3 is 2.50 bits per heavy atom. The van der Waals surface area contributed by atoms with Crippen LogP contribution in [0.4, 0.5) is 0 Å². The van der Waals surface area contributed by atoms with Crippen molar-refractivity contribution in [2.45, 2.75) is 12.0 Å². The van der Waals surface area contributed by atoms with Gasteiger partial charge in [-0.3, -0.25) is 0 Å². The third kappa shape index (κ3) is 2.13. The Labute approximate surface area is 94.8 Å². The van der Waals surface area contributed by atoms with Crippen LogP contribution in [-0.4, -0.2) is 38.1 Å². The maximum absolute atomic E-state index is 9.16. The molecule has 0 saturated carbocycles. The molecule has 1 saturated heterocycles. The van der Waals surface area contributed by atoms with Crippen molar-refractivity contribution in [3.63, 3.8) is 0 Å². The number of aliphatic hydroxyl groups excluding tert-OH is 1. The van der Waals surface area contributed by atoms with E-state index in [2.05, 4.69) is 0 Å². The molecule has 1 aliphatic heterocycles. The Morgan fingerprint density at radius 1 is 1.31 bits per heavy atom. The van der Waals surface area contributed by atoms with E-state index >= 15 is 0 Å². The van der Waals surface area contributed by atoms with Gasteiger partial charge in [-0.25, -0.2) is 0 Å². The number of ether oxygens (including phenoxy) is 3. The van der Waals surface area contributed by atoms with Crippen molar-refractivity contribution in [2.24, 2.45) is 0 Å². The highest BCUT2D eigenvalue weighted by molar-refractivity contribution is 5.43. The average molecular weight is 224 g/mol. The third-order valence-corrected chi connectivity index (χ3v) is 2.81. The number of hydrogen-bond donors (Lipinski definition) is 1. The van der Waals surface area contributed by atoms with Crippen LogP contribution in [-0.2, 0) is 11.2 Å². The van der Waals surface area contributed by atoms with Gasteiger partial charge in [0.15, 0.2) is 11.5 Å². The molecule has 88 valence electrons. The molecule has 0 aliphatic carbocycles. The second kappa shape index (κ2) is 4.31. The lowest BCUT2D eigenvalue weighted by atomic mass is 10.0. The van der Waals surface area contributed by atoms with Crippen LogP contribution in [0.1, 0.15) is 5.56 Å². The molecule has 2 rings (SSSR count). The summed E-state index contributed by atoms with van der Waals surface area (Å²) in [5, 5.41) is 9.16. The predicted molar refractivity (Wildman–Crippen MR) is 59.0 cm³/mol. The molecular weight excluding hydrogens is 208 g/mol. The fraction of sp³-hybridized carbons (Fsp3) is 0.500. The van der Waals surface area contributed by atoms with E-state index in [4.69, 9.17) is 19.3 Å². The van der Waals surface area contributed by atoms with Gasteiger partial charge >= 0.3 is 0 Å². The molecule has 4 heteroatoms. The SMILES string of the molecule is COc1ccc(C[C@]2(CO)CO2)cc1OC. The standard InChI is InChI=1S/C12H16O4/c1-14-10-4-3-9(5-11(10)15-2)6-12(7-13)8-16-12/h3-5,13H,6-8H2,1-2H3/t12-/m0/s1. The topological polar surface area (TPSA) is 51.2 Å². The lowest BCUT2D eigenvalue weighted by Crippen LogP contribution is -2.19. The molecule has 16 heavy (non-hydrogen) atoms. The van der Waals surface area contributed by atoms with Crippen LogP contribution in [0.15, 0.2) is 18.2 Å². The van der Waals surface area contributed by atoms with Crippen molar-refractivity contribution < 1.29 is 19.3 Å². The molecule has 1 atom stereocenters. The van der Waals surface area contributed by atoms with Gasteiger partial charge in [0, 0.05) is 6.42 Å². The normalized spacial score (nSPS) is 22.9. The molecule has 0 unspecified atom stereocenters. The minimum absolute atomic E-state index is 0.0569. The summed E-state index contributed by atoms with van der Waals surface area (Å²) in [6, 6.07) is 5.74. The Kier molecular flexibility index (Phi) is 3.03. The van der Waals surface area contributed by atoms with Crippen LogP contribution < -0.4 is 9.47 Å². The van der Waals surface area contributed by atoms with Crippen molar-refractivity contribution in [1.82, 2.24) is 0 Å². The van der Waals surface area contributed by atoms with Crippen LogP contribution in [0.25, 0.3) is 0 Å². The number of methoxy groups -OCH3 is 2. The zero-order valence-electron chi connectivity index (χ0n) is 9.53. The zero-order valence-corrected chi connectivity index (χ0v) is 9.53. The molecule has 1 N–H and O–H groups in total. The molecule has 0 bridgehead atoms. The quantitative estimate of drug-likeness (QED) is 0.758. The van der Waals surface area contributed by atoms with Gasteiger partial charge < -0.3 is 19.3 Å². The fourth-order valence-electron chi connectivity index (χ4n) is 1.71. The summed E-state index contributed by atoms with van der Waals surface area (Å²) in [4.78, 5) is 0. The predicted octanol–water partition coefficient (Wildman–Crippen LogP) is 1.01. The minimum atomic E-state index is -0.362. The Morgan fingerprint density at radius 2 is 2.00 bits per heavy atom. The average Bonchev–Trinajstić information content (AvgIpc) is 3.09. The number of aliphatic hydroxyl groups is 1. The van der Waals surface area contributed by atoms with E-state index < -0.39 is 0 Å². The molecular formula is C12H16O4. The summed E-state index contributed by atoms with van der Waals surface area (Å²) in [6.07, 6.45) is 0.698. The number of hydrogen-bond acceptors (Lipinski definition) is 4. The Balaban J connectivity index is 2.16. The maximum Gasteiger partial charge on any atom is 0.160 e. The Hall–Kier alpha value is -1.26. The molecule has 1 aromatic rings. The Bertz CT molecular complexity index is 371. The second-order valence-electron chi connectivity index (χ2n) is 4.00. The van der Waals surface area contributed by atoms with Crippen LogP contribution >= 0.6 is 0 Å². The van der Waals surface area contributed by atoms with Gasteiger partial charge in [-0.05, 0) is 17.7 Å². The van der Waals surface area contributed by atoms with E-state index in [1.165, 1.54) is 0 Å². The second-order valence-corrected chi connectivity index (χ2v) is 4.00. The van der Waals surface area contributed by atoms with Crippen molar-refractivity contribution in [2.75, 3.05) is 27.4 Å². The zero-order chi connectivity index (χ0) is 11.6. The monoisotopic (exact) mass is 224 g/mol. The molecule has 1 aliphatic rings. The molecule has 0 spiro atoms. The van der Waals surface area contributed by atoms with E-state index in [9.17, 15) is 0 Å². The maximum atomic E-state index is 9.16. The van der Waals surface area contributed by atoms with Crippen LogP contribution in [0.3, 0.4) is 0 Å². The number of epoxide rings is 1. The van der Waals surface area contributed by atoms with E-state index in [1.807, 2.05) is 18.2 Å². The van der Waals surface area contributed by atoms with Crippen molar-refractivity contribution in [3.05, 3.63) is 23.8 Å². The van der Waals surface area contributed by atoms with Gasteiger partial charge in [0.05, 0.1) is 27.4 Å². The third-order valence-electron chi connectivity index (χ3n) is 2.81. The summed E-state index contributed by atoms with van der Waals surface area (Å²) in [7, 11) is 3.22. The molecule has 0 radical (unpaired) electrons. The molecule has 0 aromatic heterocycles. The van der Waals surface area contributed by atoms with E-state index in [0.29, 0.717) is 24.5 Å². The summed E-state index contributed by atoms with van der Waals surface area (Å²) >= 11 is 0. The smallest absolute Gasteiger partial charge is 0.160 e. The first-order valence-electron chi connectivity index (χ1n) is 5.19. The van der Waals surface area contributed by atoms with Crippen molar-refractivity contribution in [1.29, 1.82) is 0 Å². The molecule has 4 nitrogen and oxygen atoms in total. The van der Waals surface area contributed by atoms with Crippen molar-refractivity contribution in [3.8, 4) is 11.5 Å². The lowest BCUT2D eigenvalue weighted by Gasteiger charge is -2.12. The molecule has 1 heterocycles. The summed E-state index contributed by atoms with van der Waals surface area (Å²) in [5.41, 5.74) is 0.712. The first-order chi connectivity index (χ1) is 7.73. The summed E-state index contributed by atoms with van der Waals surface area (Å²) < 4.78 is 15.6. The van der Waals surface area contributed by atoms with Gasteiger partial charge in [0.25, 0.3) is 0 Å². The first kappa shape index (κ1) is 11.2. The van der Waals surface area contributed by atoms with Gasteiger partial charge in [0.1, 0.15) is 5.60 Å². The molecule has 1 aromatic carbocycles.